The van der Waals surface area contributed by atoms with Gasteiger partial charge in [0.05, 0.1) is 12.9 Å². The number of nitrogens with two attached hydrogens (primary N) is 3. The van der Waals surface area contributed by atoms with Gasteiger partial charge in [0, 0.05) is 30.6 Å². The molecule has 1 heterocycles. The van der Waals surface area contributed by atoms with Gasteiger partial charge in [-0.05, 0) is 18.8 Å². The molecule has 18 heteroatoms. The van der Waals surface area contributed by atoms with E-state index >= 15 is 0 Å². The molecule has 4 amide bonds. The number of amides is 4. The number of carbonyl (C=O) groups excluding carboxylic acids is 4. The van der Waals surface area contributed by atoms with Crippen molar-refractivity contribution in [1.29, 1.82) is 0 Å². The molecule has 0 radical (unpaired) electrons. The second-order valence-corrected chi connectivity index (χ2v) is 9.82. The van der Waals surface area contributed by atoms with Crippen molar-refractivity contribution in [2.75, 3.05) is 18.9 Å². The van der Waals surface area contributed by atoms with Crippen molar-refractivity contribution in [3.05, 3.63) is 18.2 Å². The Kier molecular flexibility index (Phi) is 15.2. The molecule has 17 nitrogen and oxygen atoms in total. The Morgan fingerprint density at radius 2 is 1.59 bits per heavy atom. The molecule has 0 unspecified atom stereocenters. The Morgan fingerprint density at radius 3 is 2.10 bits per heavy atom. The second kappa shape index (κ2) is 17.7. The molecule has 0 aromatic carbocycles. The van der Waals surface area contributed by atoms with Crippen LogP contribution in [-0.2, 0) is 30.4 Å². The van der Waals surface area contributed by atoms with Crippen molar-refractivity contribution in [3.63, 3.8) is 0 Å². The lowest BCUT2D eigenvalue weighted by molar-refractivity contribution is -0.143. The second-order valence-electron chi connectivity index (χ2n) is 9.45. The largest absolute Gasteiger partial charge is 0.480 e. The number of aliphatic hydroxyl groups is 1. The maximum Gasteiger partial charge on any atom is 0.326 e. The summed E-state index contributed by atoms with van der Waals surface area (Å²) < 4.78 is 0. The highest BCUT2D eigenvalue weighted by molar-refractivity contribution is 7.80. The predicted octanol–water partition coefficient (Wildman–Crippen LogP) is -4.07. The summed E-state index contributed by atoms with van der Waals surface area (Å²) in [6.07, 6.45) is 3.09. The lowest BCUT2D eigenvalue weighted by atomic mass is 10.0. The van der Waals surface area contributed by atoms with E-state index in [1.54, 1.807) is 13.8 Å². The van der Waals surface area contributed by atoms with E-state index in [1.165, 1.54) is 12.5 Å². The number of hydrogen-bond acceptors (Lipinski definition) is 10. The van der Waals surface area contributed by atoms with Crippen LogP contribution in [0.3, 0.4) is 0 Å². The van der Waals surface area contributed by atoms with Crippen LogP contribution in [0.15, 0.2) is 17.5 Å². The van der Waals surface area contributed by atoms with Gasteiger partial charge in [-0.3, -0.25) is 24.2 Å². The summed E-state index contributed by atoms with van der Waals surface area (Å²) in [5.74, 6) is -5.13. The number of aliphatic imine (C=N–C) groups is 1. The minimum Gasteiger partial charge on any atom is -0.480 e. The highest BCUT2D eigenvalue weighted by atomic mass is 32.1. The topological polar surface area (TPSA) is 293 Å². The average Bonchev–Trinajstić information content (AvgIpc) is 3.43. The predicted molar refractivity (Wildman–Crippen MR) is 151 cm³/mol. The van der Waals surface area contributed by atoms with Gasteiger partial charge in [-0.1, -0.05) is 13.8 Å². The minimum atomic E-state index is -1.28. The molecule has 1 rings (SSSR count). The molecule has 0 aliphatic rings. The van der Waals surface area contributed by atoms with Crippen molar-refractivity contribution < 1.29 is 34.2 Å². The quantitative estimate of drug-likeness (QED) is 0.0333. The number of aliphatic carboxylic acids is 1. The molecule has 0 aliphatic carbocycles. The van der Waals surface area contributed by atoms with Crippen molar-refractivity contribution in [3.8, 4) is 0 Å². The van der Waals surface area contributed by atoms with Crippen LogP contribution < -0.4 is 38.5 Å². The molecule has 5 atom stereocenters. The number of nitrogens with zero attached hydrogens (tertiary/aromatic N) is 2. The summed E-state index contributed by atoms with van der Waals surface area (Å²) in [4.78, 5) is 73.6. The number of aliphatic hydroxyl groups excluding tert-OH is 1. The Balaban J connectivity index is 3.06. The van der Waals surface area contributed by atoms with Crippen LogP contribution in [0.1, 0.15) is 32.4 Å². The van der Waals surface area contributed by atoms with Gasteiger partial charge in [0.1, 0.15) is 30.2 Å². The van der Waals surface area contributed by atoms with Crippen molar-refractivity contribution in [2.24, 2.45) is 28.1 Å². The third-order valence-electron chi connectivity index (χ3n) is 5.77. The summed E-state index contributed by atoms with van der Waals surface area (Å²) >= 11 is 4.14. The summed E-state index contributed by atoms with van der Waals surface area (Å²) in [6.45, 7) is 2.74. The van der Waals surface area contributed by atoms with E-state index < -0.39 is 72.3 Å². The first-order valence-corrected chi connectivity index (χ1v) is 13.4. The number of H-pyrrole nitrogens is 1. The minimum absolute atomic E-state index is 0.0578. The zero-order valence-electron chi connectivity index (χ0n) is 22.9. The molecule has 0 saturated carbocycles. The number of aromatic amines is 1. The van der Waals surface area contributed by atoms with Gasteiger partial charge in [-0.25, -0.2) is 9.78 Å². The Labute approximate surface area is 242 Å². The normalized spacial score (nSPS) is 14.6. The molecule has 41 heavy (non-hydrogen) atoms. The summed E-state index contributed by atoms with van der Waals surface area (Å²) in [6, 6.07) is -6.16. The fraction of sp³-hybridized carbons (Fsp3) is 0.609. The van der Waals surface area contributed by atoms with E-state index in [0.29, 0.717) is 5.69 Å². The number of guanidine groups is 1. The van der Waals surface area contributed by atoms with Gasteiger partial charge in [0.15, 0.2) is 5.96 Å². The number of hydrogen-bond donors (Lipinski definition) is 11. The van der Waals surface area contributed by atoms with E-state index in [4.69, 9.17) is 22.3 Å². The number of aromatic nitrogens is 2. The Bertz CT molecular complexity index is 1050. The standard InChI is InChI=1S/C23H40N10O7S/c1-11(2)17(22(39)40)33-20(37)15(6-12-7-27-10-29-12)31-21(38)16(9-41)32-19(36)14(4-3-5-28-23(25)26)30-18(35)13(24)8-34/h7,10-11,13-17,34,41H,3-6,8-9,24H2,1-2H3,(H,27,29)(H,30,35)(H,31,38)(H,32,36)(H,33,37)(H,39,40)(H4,25,26,28)/t13-,14-,15-,16-,17-/m0/s1. The first-order chi connectivity index (χ1) is 19.3. The van der Waals surface area contributed by atoms with Gasteiger partial charge in [0.2, 0.25) is 23.6 Å². The molecule has 13 N–H and O–H groups in total. The third-order valence-corrected chi connectivity index (χ3v) is 6.13. The molecule has 1 aromatic heterocycles. The van der Waals surface area contributed by atoms with Gasteiger partial charge in [-0.15, -0.1) is 0 Å². The smallest absolute Gasteiger partial charge is 0.326 e. The lowest BCUT2D eigenvalue weighted by Crippen LogP contribution is -2.59. The molecule has 1 aromatic rings. The molecule has 0 fully saturated rings. The molecule has 0 aliphatic heterocycles. The zero-order valence-corrected chi connectivity index (χ0v) is 23.8. The number of carbonyl (C=O) groups is 5. The molecule has 0 bridgehead atoms. The van der Waals surface area contributed by atoms with Crippen LogP contribution in [0.25, 0.3) is 0 Å². The van der Waals surface area contributed by atoms with Crippen LogP contribution in [0.4, 0.5) is 0 Å². The number of carboxylic acid groups (broad SMARTS) is 1. The first-order valence-electron chi connectivity index (χ1n) is 12.7. The van der Waals surface area contributed by atoms with E-state index in [1.807, 2.05) is 0 Å². The van der Waals surface area contributed by atoms with Crippen molar-refractivity contribution >= 4 is 48.2 Å². The molecule has 0 spiro atoms. The summed E-state index contributed by atoms with van der Waals surface area (Å²) in [5, 5.41) is 28.5. The van der Waals surface area contributed by atoms with Crippen molar-refractivity contribution in [2.45, 2.75) is 63.3 Å². The molecule has 230 valence electrons. The van der Waals surface area contributed by atoms with Gasteiger partial charge in [-0.2, -0.15) is 12.6 Å². The van der Waals surface area contributed by atoms with Crippen LogP contribution in [0.2, 0.25) is 0 Å². The van der Waals surface area contributed by atoms with Crippen LogP contribution >= 0.6 is 12.6 Å². The number of thiol groups is 1. The van der Waals surface area contributed by atoms with Gasteiger partial charge in [0.25, 0.3) is 0 Å². The van der Waals surface area contributed by atoms with E-state index in [2.05, 4.69) is 48.9 Å². The molecular formula is C23H40N10O7S. The van der Waals surface area contributed by atoms with Crippen LogP contribution in [0, 0.1) is 5.92 Å². The fourth-order valence-corrected chi connectivity index (χ4v) is 3.72. The maximum atomic E-state index is 13.2. The number of imidazole rings is 1. The first kappa shape index (κ1) is 35.1. The highest BCUT2D eigenvalue weighted by Crippen LogP contribution is 2.06. The molecule has 0 saturated heterocycles. The van der Waals surface area contributed by atoms with E-state index in [0.717, 1.165) is 0 Å². The van der Waals surface area contributed by atoms with Gasteiger partial charge >= 0.3 is 5.97 Å². The maximum absolute atomic E-state index is 13.2. The Morgan fingerprint density at radius 1 is 1.00 bits per heavy atom. The fourth-order valence-electron chi connectivity index (χ4n) is 3.47. The molecular weight excluding hydrogens is 560 g/mol. The highest BCUT2D eigenvalue weighted by Gasteiger charge is 2.32. The lowest BCUT2D eigenvalue weighted by Gasteiger charge is -2.26. The summed E-state index contributed by atoms with van der Waals surface area (Å²) in [5.41, 5.74) is 16.6. The van der Waals surface area contributed by atoms with E-state index in [-0.39, 0.29) is 37.5 Å². The average molecular weight is 601 g/mol. The van der Waals surface area contributed by atoms with Crippen molar-refractivity contribution in [1.82, 2.24) is 31.2 Å². The summed E-state index contributed by atoms with van der Waals surface area (Å²) in [7, 11) is 0. The number of rotatable bonds is 18. The monoisotopic (exact) mass is 600 g/mol. The van der Waals surface area contributed by atoms with E-state index in [9.17, 15) is 29.1 Å². The van der Waals surface area contributed by atoms with Crippen LogP contribution in [-0.4, -0.2) is 105 Å². The number of carboxylic acids is 1. The number of nitrogens with one attached hydrogen (secondary N) is 5. The Hall–Kier alpha value is -3.90. The SMILES string of the molecule is CC(C)[C@H](NC(=O)[C@H](Cc1cnc[nH]1)NC(=O)[C@H](CS)NC(=O)[C@H](CCCN=C(N)N)NC(=O)[C@@H](N)CO)C(=O)O. The van der Waals surface area contributed by atoms with Gasteiger partial charge < -0.3 is 53.7 Å². The van der Waals surface area contributed by atoms with Crippen LogP contribution in [0.5, 0.6) is 0 Å². The zero-order chi connectivity index (χ0) is 31.1. The third kappa shape index (κ3) is 12.4.